The summed E-state index contributed by atoms with van der Waals surface area (Å²) < 4.78 is 0. The second kappa shape index (κ2) is 25.2. The average Bonchev–Trinajstić information content (AvgIpc) is 3.14. The molecule has 0 radical (unpaired) electrons. The number of rotatable bonds is 26. The van der Waals surface area contributed by atoms with Gasteiger partial charge in [0.15, 0.2) is 0 Å². The number of hydrogen-bond acceptors (Lipinski definition) is 10. The average molecular weight is 843 g/mol. The molecule has 330 valence electrons. The molecule has 60 heavy (non-hydrogen) atoms. The molecule has 0 saturated heterocycles. The van der Waals surface area contributed by atoms with E-state index >= 15 is 0 Å². The molecule has 0 aliphatic carbocycles. The Bertz CT molecular complexity index is 1770. The normalized spacial score (nSPS) is 14.0. The summed E-state index contributed by atoms with van der Waals surface area (Å²) >= 11 is 0. The van der Waals surface area contributed by atoms with Crippen LogP contribution < -0.4 is 31.9 Å². The minimum Gasteiger partial charge on any atom is -0.481 e. The van der Waals surface area contributed by atoms with Crippen molar-refractivity contribution in [1.29, 1.82) is 0 Å². The van der Waals surface area contributed by atoms with Crippen molar-refractivity contribution < 1.29 is 63.3 Å². The summed E-state index contributed by atoms with van der Waals surface area (Å²) in [4.78, 5) is 127. The quantitative estimate of drug-likeness (QED) is 0.0450. The number of carboxylic acids is 3. The zero-order valence-corrected chi connectivity index (χ0v) is 34.8. The van der Waals surface area contributed by atoms with E-state index in [9.17, 15) is 58.2 Å². The monoisotopic (exact) mass is 842 g/mol. The fraction of sp³-hybridized carbons (Fsp3) is 0.561. The highest BCUT2D eigenvalue weighted by atomic mass is 16.4. The van der Waals surface area contributed by atoms with Gasteiger partial charge in [-0.2, -0.15) is 0 Å². The minimum absolute atomic E-state index is 0.0972. The molecule has 19 nitrogen and oxygen atoms in total. The molecule has 6 atom stereocenters. The Morgan fingerprint density at radius 1 is 0.683 bits per heavy atom. The van der Waals surface area contributed by atoms with Gasteiger partial charge in [0.2, 0.25) is 35.4 Å². The smallest absolute Gasteiger partial charge is 0.305 e. The van der Waals surface area contributed by atoms with E-state index in [-0.39, 0.29) is 31.6 Å². The number of aliphatic carboxylic acids is 3. The van der Waals surface area contributed by atoms with Crippen LogP contribution >= 0.6 is 0 Å². The molecule has 1 aromatic carbocycles. The van der Waals surface area contributed by atoms with Gasteiger partial charge in [-0.25, -0.2) is 0 Å². The fourth-order valence-corrected chi connectivity index (χ4v) is 5.79. The van der Waals surface area contributed by atoms with Gasteiger partial charge in [0.25, 0.3) is 0 Å². The standard InChI is InChI=1S/C41H58N6O13/c1-8-9-14-26(22-48)42-37(57)28(19-23(2)3)46-40(60)35(41(5,6)7)47-39(59)29(20-25-13-11-10-12-24(25)4)45-36(56)27(15-17-32(50)51)44-38(58)30(21-34(54)55)43-31(49)16-18-33(52)53/h1,10-13,22-23,26-30,35H,9,14-21H2,2-7H3,(H,42,57)(H,43,49)(H,44,58)(H,45,56)(H,46,60)(H,47,59)(H,50,51)(H,52,53)(H,54,55)/t26-,27-,28-,29-,30-,35+/m0/s1. The van der Waals surface area contributed by atoms with Crippen LogP contribution in [0.25, 0.3) is 0 Å². The first kappa shape index (κ1) is 51.7. The van der Waals surface area contributed by atoms with Crippen LogP contribution in [0, 0.1) is 30.6 Å². The highest BCUT2D eigenvalue weighted by molar-refractivity contribution is 5.97. The van der Waals surface area contributed by atoms with E-state index in [0.29, 0.717) is 11.8 Å². The van der Waals surface area contributed by atoms with Gasteiger partial charge in [0, 0.05) is 25.7 Å². The predicted octanol–water partition coefficient (Wildman–Crippen LogP) is 0.355. The Morgan fingerprint density at radius 3 is 1.77 bits per heavy atom. The molecule has 0 bridgehead atoms. The summed E-state index contributed by atoms with van der Waals surface area (Å²) in [5.41, 5.74) is 0.314. The van der Waals surface area contributed by atoms with E-state index in [2.05, 4.69) is 37.8 Å². The molecular formula is C41H58N6O13. The first-order valence-electron chi connectivity index (χ1n) is 19.4. The van der Waals surface area contributed by atoms with Crippen LogP contribution in [0.1, 0.15) is 97.1 Å². The lowest BCUT2D eigenvalue weighted by Crippen LogP contribution is -2.62. The van der Waals surface area contributed by atoms with Crippen molar-refractivity contribution in [2.24, 2.45) is 11.3 Å². The Morgan fingerprint density at radius 2 is 1.23 bits per heavy atom. The Hall–Kier alpha value is -6.32. The lowest BCUT2D eigenvalue weighted by atomic mass is 9.85. The molecule has 0 aliphatic rings. The van der Waals surface area contributed by atoms with Gasteiger partial charge in [0.1, 0.15) is 36.5 Å². The predicted molar refractivity (Wildman–Crippen MR) is 216 cm³/mol. The summed E-state index contributed by atoms with van der Waals surface area (Å²) in [6.45, 7) is 10.3. The lowest BCUT2D eigenvalue weighted by Gasteiger charge is -2.33. The van der Waals surface area contributed by atoms with Gasteiger partial charge in [-0.15, -0.1) is 12.3 Å². The highest BCUT2D eigenvalue weighted by Crippen LogP contribution is 2.21. The molecular weight excluding hydrogens is 784 g/mol. The Labute approximate surface area is 349 Å². The number of benzene rings is 1. The Balaban J connectivity index is 3.55. The van der Waals surface area contributed by atoms with Gasteiger partial charge in [-0.3, -0.25) is 43.2 Å². The molecule has 0 aromatic heterocycles. The van der Waals surface area contributed by atoms with Crippen molar-refractivity contribution in [3.05, 3.63) is 35.4 Å². The third kappa shape index (κ3) is 19.4. The van der Waals surface area contributed by atoms with E-state index in [1.807, 2.05) is 13.8 Å². The van der Waals surface area contributed by atoms with E-state index in [0.717, 1.165) is 5.56 Å². The van der Waals surface area contributed by atoms with Gasteiger partial charge in [-0.05, 0) is 48.6 Å². The summed E-state index contributed by atoms with van der Waals surface area (Å²) in [7, 11) is 0. The van der Waals surface area contributed by atoms with Crippen LogP contribution in [0.4, 0.5) is 0 Å². The number of hydrogen-bond donors (Lipinski definition) is 9. The van der Waals surface area contributed by atoms with Crippen LogP contribution in [0.3, 0.4) is 0 Å². The van der Waals surface area contributed by atoms with Crippen molar-refractivity contribution in [1.82, 2.24) is 31.9 Å². The molecule has 0 fully saturated rings. The first-order valence-corrected chi connectivity index (χ1v) is 19.4. The zero-order valence-electron chi connectivity index (χ0n) is 34.8. The maximum absolute atomic E-state index is 14.2. The number of amides is 6. The molecule has 1 aromatic rings. The third-order valence-electron chi connectivity index (χ3n) is 9.04. The maximum atomic E-state index is 14.2. The topological polar surface area (TPSA) is 304 Å². The van der Waals surface area contributed by atoms with E-state index in [1.165, 1.54) is 0 Å². The molecule has 6 amide bonds. The summed E-state index contributed by atoms with van der Waals surface area (Å²) in [6, 6.07) is -1.43. The SMILES string of the molecule is C#CCC[C@@H](C=O)NC(=O)[C@H](CC(C)C)NC(=O)[C@@H](NC(=O)[C@H](Cc1ccccc1C)NC(=O)[C@H](CCC(=O)O)NC(=O)[C@H](CC(=O)O)NC(=O)CCC(=O)O)C(C)(C)C. The molecule has 0 unspecified atom stereocenters. The maximum Gasteiger partial charge on any atom is 0.305 e. The van der Waals surface area contributed by atoms with Gasteiger partial charge in [-0.1, -0.05) is 58.9 Å². The van der Waals surface area contributed by atoms with Crippen molar-refractivity contribution in [2.75, 3.05) is 0 Å². The number of carbonyl (C=O) groups excluding carboxylic acids is 7. The number of aldehydes is 1. The van der Waals surface area contributed by atoms with E-state index in [1.54, 1.807) is 52.0 Å². The molecule has 0 saturated carbocycles. The van der Waals surface area contributed by atoms with Gasteiger partial charge < -0.3 is 52.0 Å². The number of carbonyl (C=O) groups is 10. The van der Waals surface area contributed by atoms with Gasteiger partial charge in [0.05, 0.1) is 18.9 Å². The van der Waals surface area contributed by atoms with Crippen LogP contribution in [0.5, 0.6) is 0 Å². The number of carboxylic acid groups (broad SMARTS) is 3. The summed E-state index contributed by atoms with van der Waals surface area (Å²) in [5, 5.41) is 42.5. The highest BCUT2D eigenvalue weighted by Gasteiger charge is 2.38. The van der Waals surface area contributed by atoms with Crippen LogP contribution in [0.2, 0.25) is 0 Å². The van der Waals surface area contributed by atoms with E-state index in [4.69, 9.17) is 11.5 Å². The largest absolute Gasteiger partial charge is 0.481 e. The summed E-state index contributed by atoms with van der Waals surface area (Å²) in [6.07, 6.45) is 2.84. The van der Waals surface area contributed by atoms with Crippen LogP contribution in [-0.4, -0.2) is 111 Å². The lowest BCUT2D eigenvalue weighted by molar-refractivity contribution is -0.142. The van der Waals surface area contributed by atoms with E-state index < -0.39 is 127 Å². The van der Waals surface area contributed by atoms with Crippen molar-refractivity contribution >= 4 is 59.6 Å². The third-order valence-corrected chi connectivity index (χ3v) is 9.04. The number of aryl methyl sites for hydroxylation is 1. The van der Waals surface area contributed by atoms with Crippen molar-refractivity contribution in [3.8, 4) is 12.3 Å². The first-order chi connectivity index (χ1) is 28.0. The molecule has 9 N–H and O–H groups in total. The molecule has 0 heterocycles. The number of nitrogens with one attached hydrogen (secondary N) is 6. The molecule has 19 heteroatoms. The molecule has 0 aliphatic heterocycles. The summed E-state index contributed by atoms with van der Waals surface area (Å²) in [5.74, 6) is -7.44. The Kier molecular flexibility index (Phi) is 21.7. The van der Waals surface area contributed by atoms with Crippen molar-refractivity contribution in [3.63, 3.8) is 0 Å². The second-order valence-electron chi connectivity index (χ2n) is 15.8. The number of terminal acetylenes is 1. The fourth-order valence-electron chi connectivity index (χ4n) is 5.79. The molecule has 1 rings (SSSR count). The van der Waals surface area contributed by atoms with Crippen molar-refractivity contribution in [2.45, 2.75) is 136 Å². The second-order valence-corrected chi connectivity index (χ2v) is 15.8. The minimum atomic E-state index is -1.80. The zero-order chi connectivity index (χ0) is 45.7. The van der Waals surface area contributed by atoms with Crippen LogP contribution in [0.15, 0.2) is 24.3 Å². The van der Waals surface area contributed by atoms with Gasteiger partial charge >= 0.3 is 17.9 Å². The van der Waals surface area contributed by atoms with Crippen LogP contribution in [-0.2, 0) is 54.4 Å². The molecule has 0 spiro atoms.